The first kappa shape index (κ1) is 17.7. The molecule has 0 saturated heterocycles. The van der Waals surface area contributed by atoms with Crippen molar-refractivity contribution >= 4 is 17.5 Å². The Hall–Kier alpha value is -2.60. The summed E-state index contributed by atoms with van der Waals surface area (Å²) >= 11 is 0. The predicted octanol–water partition coefficient (Wildman–Crippen LogP) is 2.11. The molecule has 0 fully saturated rings. The second kappa shape index (κ2) is 7.31. The molecule has 2 rings (SSSR count). The zero-order valence-electron chi connectivity index (χ0n) is 14.1. The van der Waals surface area contributed by atoms with E-state index in [1.165, 1.54) is 6.92 Å². The van der Waals surface area contributed by atoms with E-state index in [9.17, 15) is 14.7 Å². The molecule has 128 valence electrons. The van der Waals surface area contributed by atoms with E-state index in [4.69, 9.17) is 4.42 Å². The van der Waals surface area contributed by atoms with Crippen LogP contribution in [0.2, 0.25) is 0 Å². The molecule has 2 amide bonds. The van der Waals surface area contributed by atoms with Crippen LogP contribution in [0.3, 0.4) is 0 Å². The van der Waals surface area contributed by atoms with E-state index in [0.29, 0.717) is 17.2 Å². The van der Waals surface area contributed by atoms with Gasteiger partial charge in [-0.15, -0.1) is 0 Å². The fourth-order valence-electron chi connectivity index (χ4n) is 2.24. The van der Waals surface area contributed by atoms with Crippen LogP contribution in [-0.4, -0.2) is 23.5 Å². The molecule has 3 N–H and O–H groups in total. The summed E-state index contributed by atoms with van der Waals surface area (Å²) in [5.74, 6) is 0.775. The van der Waals surface area contributed by atoms with Gasteiger partial charge in [-0.25, -0.2) is 0 Å². The summed E-state index contributed by atoms with van der Waals surface area (Å²) in [4.78, 5) is 23.0. The second-order valence-corrected chi connectivity index (χ2v) is 6.02. The van der Waals surface area contributed by atoms with Crippen LogP contribution >= 0.6 is 0 Å². The molecule has 24 heavy (non-hydrogen) atoms. The van der Waals surface area contributed by atoms with Crippen LogP contribution in [0.1, 0.15) is 30.9 Å². The van der Waals surface area contributed by atoms with Crippen molar-refractivity contribution in [2.24, 2.45) is 0 Å². The lowest BCUT2D eigenvalue weighted by Crippen LogP contribution is -2.39. The molecule has 1 atom stereocenters. The van der Waals surface area contributed by atoms with Crippen LogP contribution < -0.4 is 10.6 Å². The number of hydrogen-bond acceptors (Lipinski definition) is 4. The van der Waals surface area contributed by atoms with Gasteiger partial charge in [0.05, 0.1) is 13.0 Å². The SMILES string of the molecule is CC(=O)Nc1ccc(CC(=O)NCC(C)(O)c2ccc(C)o2)cc1. The van der Waals surface area contributed by atoms with Gasteiger partial charge in [-0.1, -0.05) is 12.1 Å². The summed E-state index contributed by atoms with van der Waals surface area (Å²) in [6.45, 7) is 4.88. The predicted molar refractivity (Wildman–Crippen MR) is 90.5 cm³/mol. The third-order valence-corrected chi connectivity index (χ3v) is 3.54. The molecular weight excluding hydrogens is 308 g/mol. The monoisotopic (exact) mass is 330 g/mol. The number of furan rings is 1. The van der Waals surface area contributed by atoms with E-state index >= 15 is 0 Å². The molecule has 1 heterocycles. The van der Waals surface area contributed by atoms with Gasteiger partial charge >= 0.3 is 0 Å². The van der Waals surface area contributed by atoms with Crippen molar-refractivity contribution in [3.63, 3.8) is 0 Å². The number of amides is 2. The Balaban J connectivity index is 1.87. The molecule has 0 saturated carbocycles. The van der Waals surface area contributed by atoms with Crippen molar-refractivity contribution in [2.45, 2.75) is 32.8 Å². The first-order valence-corrected chi connectivity index (χ1v) is 7.69. The highest BCUT2D eigenvalue weighted by Crippen LogP contribution is 2.22. The number of aryl methyl sites for hydroxylation is 1. The van der Waals surface area contributed by atoms with E-state index in [2.05, 4.69) is 10.6 Å². The molecular formula is C18H22N2O4. The molecule has 1 unspecified atom stereocenters. The van der Waals surface area contributed by atoms with Gasteiger partial charge in [0, 0.05) is 12.6 Å². The van der Waals surface area contributed by atoms with Gasteiger partial charge in [-0.05, 0) is 43.7 Å². The Bertz CT molecular complexity index is 717. The van der Waals surface area contributed by atoms with Crippen LogP contribution in [0.5, 0.6) is 0 Å². The molecule has 6 nitrogen and oxygen atoms in total. The van der Waals surface area contributed by atoms with Gasteiger partial charge in [0.25, 0.3) is 0 Å². The second-order valence-electron chi connectivity index (χ2n) is 6.02. The highest BCUT2D eigenvalue weighted by atomic mass is 16.4. The number of hydrogen-bond donors (Lipinski definition) is 3. The van der Waals surface area contributed by atoms with E-state index in [-0.39, 0.29) is 24.8 Å². The van der Waals surface area contributed by atoms with Gasteiger partial charge in [-0.3, -0.25) is 9.59 Å². The molecule has 1 aromatic carbocycles. The summed E-state index contributed by atoms with van der Waals surface area (Å²) in [6, 6.07) is 10.5. The summed E-state index contributed by atoms with van der Waals surface area (Å²) < 4.78 is 5.41. The molecule has 1 aromatic heterocycles. The lowest BCUT2D eigenvalue weighted by Gasteiger charge is -2.21. The molecule has 2 aromatic rings. The summed E-state index contributed by atoms with van der Waals surface area (Å²) in [5, 5.41) is 15.8. The normalized spacial score (nSPS) is 13.2. The Morgan fingerprint density at radius 2 is 1.83 bits per heavy atom. The first-order chi connectivity index (χ1) is 11.3. The number of carbonyl (C=O) groups excluding carboxylic acids is 2. The van der Waals surface area contributed by atoms with Gasteiger partial charge in [-0.2, -0.15) is 0 Å². The van der Waals surface area contributed by atoms with Crippen molar-refractivity contribution in [1.29, 1.82) is 0 Å². The number of aliphatic hydroxyl groups is 1. The van der Waals surface area contributed by atoms with Gasteiger partial charge in [0.15, 0.2) is 0 Å². The highest BCUT2D eigenvalue weighted by Gasteiger charge is 2.27. The quantitative estimate of drug-likeness (QED) is 0.756. The highest BCUT2D eigenvalue weighted by molar-refractivity contribution is 5.88. The summed E-state index contributed by atoms with van der Waals surface area (Å²) in [6.07, 6.45) is 0.188. The summed E-state index contributed by atoms with van der Waals surface area (Å²) in [7, 11) is 0. The van der Waals surface area contributed by atoms with E-state index < -0.39 is 5.60 Å². The molecule has 0 bridgehead atoms. The molecule has 0 aliphatic heterocycles. The van der Waals surface area contributed by atoms with Crippen LogP contribution in [-0.2, 0) is 21.6 Å². The fourth-order valence-corrected chi connectivity index (χ4v) is 2.24. The topological polar surface area (TPSA) is 91.6 Å². The van der Waals surface area contributed by atoms with Crippen LogP contribution in [0, 0.1) is 6.92 Å². The summed E-state index contributed by atoms with van der Waals surface area (Å²) in [5.41, 5.74) is 0.233. The van der Waals surface area contributed by atoms with Crippen molar-refractivity contribution in [3.05, 3.63) is 53.5 Å². The van der Waals surface area contributed by atoms with E-state index in [0.717, 1.165) is 5.56 Å². The zero-order valence-corrected chi connectivity index (χ0v) is 14.1. The fraction of sp³-hybridized carbons (Fsp3) is 0.333. The average molecular weight is 330 g/mol. The Morgan fingerprint density at radius 1 is 1.17 bits per heavy atom. The van der Waals surface area contributed by atoms with Gasteiger partial charge < -0.3 is 20.2 Å². The first-order valence-electron chi connectivity index (χ1n) is 7.69. The Kier molecular flexibility index (Phi) is 5.41. The Morgan fingerprint density at radius 3 is 2.38 bits per heavy atom. The number of benzene rings is 1. The maximum atomic E-state index is 12.0. The van der Waals surface area contributed by atoms with Crippen molar-refractivity contribution < 1.29 is 19.1 Å². The maximum absolute atomic E-state index is 12.0. The van der Waals surface area contributed by atoms with Gasteiger partial charge in [0.1, 0.15) is 17.1 Å². The number of carbonyl (C=O) groups is 2. The molecule has 0 aliphatic rings. The standard InChI is InChI=1S/C18H22N2O4/c1-12-4-9-16(24-12)18(3,23)11-19-17(22)10-14-5-7-15(8-6-14)20-13(2)21/h4-9,23H,10-11H2,1-3H3,(H,19,22)(H,20,21). The third-order valence-electron chi connectivity index (χ3n) is 3.54. The van der Waals surface area contributed by atoms with Crippen molar-refractivity contribution in [1.82, 2.24) is 5.32 Å². The molecule has 0 spiro atoms. The minimum atomic E-state index is -1.26. The van der Waals surface area contributed by atoms with Crippen LogP contribution in [0.15, 0.2) is 40.8 Å². The lowest BCUT2D eigenvalue weighted by molar-refractivity contribution is -0.121. The Labute approximate surface area is 140 Å². The van der Waals surface area contributed by atoms with Crippen LogP contribution in [0.4, 0.5) is 5.69 Å². The number of anilines is 1. The van der Waals surface area contributed by atoms with E-state index in [1.54, 1.807) is 50.2 Å². The maximum Gasteiger partial charge on any atom is 0.224 e. The van der Waals surface area contributed by atoms with Crippen LogP contribution in [0.25, 0.3) is 0 Å². The molecule has 0 radical (unpaired) electrons. The number of rotatable bonds is 6. The number of nitrogens with one attached hydrogen (secondary N) is 2. The minimum Gasteiger partial charge on any atom is -0.463 e. The lowest BCUT2D eigenvalue weighted by atomic mass is 10.0. The molecule has 0 aliphatic carbocycles. The third kappa shape index (κ3) is 4.96. The largest absolute Gasteiger partial charge is 0.463 e. The zero-order chi connectivity index (χ0) is 17.7. The molecule has 6 heteroatoms. The minimum absolute atomic E-state index is 0.0583. The van der Waals surface area contributed by atoms with E-state index in [1.807, 2.05) is 0 Å². The average Bonchev–Trinajstić information content (AvgIpc) is 2.94. The van der Waals surface area contributed by atoms with Crippen molar-refractivity contribution in [3.8, 4) is 0 Å². The van der Waals surface area contributed by atoms with Crippen molar-refractivity contribution in [2.75, 3.05) is 11.9 Å². The van der Waals surface area contributed by atoms with Gasteiger partial charge in [0.2, 0.25) is 11.8 Å². The smallest absolute Gasteiger partial charge is 0.224 e.